The number of nitrogens with zero attached hydrogens (tertiary/aromatic N) is 1. The van der Waals surface area contributed by atoms with E-state index in [0.29, 0.717) is 0 Å². The van der Waals surface area contributed by atoms with E-state index in [1.54, 1.807) is 0 Å². The fraction of sp³-hybridized carbons (Fsp3) is 0.125. The second-order valence-electron chi connectivity index (χ2n) is 2.37. The summed E-state index contributed by atoms with van der Waals surface area (Å²) in [6.07, 6.45) is 1.85. The predicted molar refractivity (Wildman–Crippen MR) is 47.8 cm³/mol. The third-order valence-electron chi connectivity index (χ3n) is 1.56. The number of rotatable bonds is 2. The van der Waals surface area contributed by atoms with Crippen LogP contribution in [0.25, 0.3) is 11.4 Å². The van der Waals surface area contributed by atoms with Crippen LogP contribution in [0.1, 0.15) is 5.01 Å². The number of thiazole rings is 1. The van der Waals surface area contributed by atoms with Crippen LogP contribution in [-0.2, 0) is 6.61 Å². The quantitative estimate of drug-likeness (QED) is 0.738. The van der Waals surface area contributed by atoms with Crippen molar-refractivity contribution in [3.05, 3.63) is 28.7 Å². The summed E-state index contributed by atoms with van der Waals surface area (Å²) in [6.45, 7) is 0.0192. The Bertz CT molecular complexity index is 353. The van der Waals surface area contributed by atoms with E-state index in [0.717, 1.165) is 16.4 Å². The van der Waals surface area contributed by atoms with Crippen LogP contribution >= 0.6 is 11.3 Å². The van der Waals surface area contributed by atoms with Gasteiger partial charge in [0.2, 0.25) is 0 Å². The molecule has 0 aliphatic rings. The molecule has 2 aromatic heterocycles. The molecule has 0 fully saturated rings. The van der Waals surface area contributed by atoms with E-state index in [1.807, 2.05) is 23.7 Å². The maximum atomic E-state index is 8.79. The van der Waals surface area contributed by atoms with Gasteiger partial charge >= 0.3 is 0 Å². The standard InChI is InChI=1S/C8H8N2OS/c11-4-8-10-7(5-12-8)6-2-1-3-9-6/h1-3,5,9,11H,4H2. The molecule has 0 unspecified atom stereocenters. The molecule has 4 heteroatoms. The number of H-pyrrole nitrogens is 1. The normalized spacial score (nSPS) is 10.4. The minimum absolute atomic E-state index is 0.0192. The van der Waals surface area contributed by atoms with Gasteiger partial charge in [0.05, 0.1) is 18.0 Å². The van der Waals surface area contributed by atoms with Crippen molar-refractivity contribution in [1.82, 2.24) is 9.97 Å². The molecule has 3 nitrogen and oxygen atoms in total. The predicted octanol–water partition coefficient (Wildman–Crippen LogP) is 1.63. The Labute approximate surface area is 73.7 Å². The van der Waals surface area contributed by atoms with Crippen molar-refractivity contribution < 1.29 is 5.11 Å². The first-order chi connectivity index (χ1) is 5.90. The van der Waals surface area contributed by atoms with Crippen LogP contribution in [0.2, 0.25) is 0 Å². The molecule has 0 bridgehead atoms. The molecule has 2 heterocycles. The number of aromatic amines is 1. The van der Waals surface area contributed by atoms with Crippen LogP contribution in [-0.4, -0.2) is 15.1 Å². The Kier molecular flexibility index (Phi) is 1.93. The molecule has 2 rings (SSSR count). The lowest BCUT2D eigenvalue weighted by Crippen LogP contribution is -1.81. The Morgan fingerprint density at radius 2 is 2.50 bits per heavy atom. The number of hydrogen-bond donors (Lipinski definition) is 2. The van der Waals surface area contributed by atoms with Crippen LogP contribution in [0.4, 0.5) is 0 Å². The van der Waals surface area contributed by atoms with E-state index in [-0.39, 0.29) is 6.61 Å². The average Bonchev–Trinajstić information content (AvgIpc) is 2.75. The van der Waals surface area contributed by atoms with E-state index >= 15 is 0 Å². The zero-order valence-electron chi connectivity index (χ0n) is 6.32. The summed E-state index contributed by atoms with van der Waals surface area (Å²) in [5, 5.41) is 11.5. The molecule has 0 aromatic carbocycles. The first-order valence-electron chi connectivity index (χ1n) is 3.59. The molecule has 0 amide bonds. The molecule has 0 aliphatic heterocycles. The summed E-state index contributed by atoms with van der Waals surface area (Å²) in [5.74, 6) is 0. The van der Waals surface area contributed by atoms with Gasteiger partial charge in [-0.25, -0.2) is 4.98 Å². The highest BCUT2D eigenvalue weighted by Gasteiger charge is 2.02. The molecule has 2 N–H and O–H groups in total. The Morgan fingerprint density at radius 3 is 3.08 bits per heavy atom. The number of aliphatic hydroxyl groups excluding tert-OH is 1. The molecule has 0 radical (unpaired) electrons. The van der Waals surface area contributed by atoms with E-state index in [1.165, 1.54) is 11.3 Å². The summed E-state index contributed by atoms with van der Waals surface area (Å²) in [7, 11) is 0. The van der Waals surface area contributed by atoms with Crippen molar-refractivity contribution in [1.29, 1.82) is 0 Å². The SMILES string of the molecule is OCc1nc(-c2ccc[nH]2)cs1. The third-order valence-corrected chi connectivity index (χ3v) is 2.39. The first-order valence-corrected chi connectivity index (χ1v) is 4.47. The number of hydrogen-bond acceptors (Lipinski definition) is 3. The fourth-order valence-electron chi connectivity index (χ4n) is 0.997. The van der Waals surface area contributed by atoms with Gasteiger partial charge in [-0.1, -0.05) is 0 Å². The van der Waals surface area contributed by atoms with E-state index in [2.05, 4.69) is 9.97 Å². The molecule has 62 valence electrons. The van der Waals surface area contributed by atoms with Crippen molar-refractivity contribution in [2.24, 2.45) is 0 Å². The van der Waals surface area contributed by atoms with Crippen LogP contribution < -0.4 is 0 Å². The van der Waals surface area contributed by atoms with Crippen molar-refractivity contribution in [3.8, 4) is 11.4 Å². The summed E-state index contributed by atoms with van der Waals surface area (Å²) in [4.78, 5) is 7.26. The fourth-order valence-corrected chi connectivity index (χ4v) is 1.65. The largest absolute Gasteiger partial charge is 0.389 e. The Hall–Kier alpha value is -1.13. The van der Waals surface area contributed by atoms with Gasteiger partial charge in [-0.2, -0.15) is 0 Å². The summed E-state index contributed by atoms with van der Waals surface area (Å²) >= 11 is 1.47. The molecule has 2 aromatic rings. The van der Waals surface area contributed by atoms with E-state index in [9.17, 15) is 0 Å². The smallest absolute Gasteiger partial charge is 0.119 e. The van der Waals surface area contributed by atoms with Crippen LogP contribution in [0.15, 0.2) is 23.7 Å². The maximum absolute atomic E-state index is 8.79. The summed E-state index contributed by atoms with van der Waals surface area (Å²) in [5.41, 5.74) is 1.89. The maximum Gasteiger partial charge on any atom is 0.119 e. The van der Waals surface area contributed by atoms with Crippen molar-refractivity contribution >= 4 is 11.3 Å². The van der Waals surface area contributed by atoms with Gasteiger partial charge in [0.15, 0.2) is 0 Å². The number of nitrogens with one attached hydrogen (secondary N) is 1. The molecule has 0 atom stereocenters. The van der Waals surface area contributed by atoms with Gasteiger partial charge in [-0.3, -0.25) is 0 Å². The molecule has 12 heavy (non-hydrogen) atoms. The van der Waals surface area contributed by atoms with Gasteiger partial charge in [0.1, 0.15) is 5.01 Å². The van der Waals surface area contributed by atoms with Gasteiger partial charge in [-0.05, 0) is 12.1 Å². The average molecular weight is 180 g/mol. The molecular weight excluding hydrogens is 172 g/mol. The molecule has 0 saturated heterocycles. The zero-order valence-corrected chi connectivity index (χ0v) is 7.14. The number of aliphatic hydroxyl groups is 1. The Balaban J connectivity index is 2.35. The van der Waals surface area contributed by atoms with Crippen molar-refractivity contribution in [3.63, 3.8) is 0 Å². The molecule has 0 saturated carbocycles. The highest BCUT2D eigenvalue weighted by atomic mass is 32.1. The monoisotopic (exact) mass is 180 g/mol. The third kappa shape index (κ3) is 1.26. The highest BCUT2D eigenvalue weighted by molar-refractivity contribution is 7.09. The summed E-state index contributed by atoms with van der Waals surface area (Å²) in [6, 6.07) is 3.88. The molecular formula is C8H8N2OS. The second kappa shape index (κ2) is 3.08. The van der Waals surface area contributed by atoms with Gasteiger partial charge in [0.25, 0.3) is 0 Å². The van der Waals surface area contributed by atoms with Crippen LogP contribution in [0.3, 0.4) is 0 Å². The highest BCUT2D eigenvalue weighted by Crippen LogP contribution is 2.19. The van der Waals surface area contributed by atoms with E-state index < -0.39 is 0 Å². The molecule has 0 aliphatic carbocycles. The molecule has 0 spiro atoms. The van der Waals surface area contributed by atoms with Gasteiger partial charge in [0, 0.05) is 11.6 Å². The summed E-state index contributed by atoms with van der Waals surface area (Å²) < 4.78 is 0. The lowest BCUT2D eigenvalue weighted by Gasteiger charge is -1.87. The lowest BCUT2D eigenvalue weighted by atomic mass is 10.3. The first kappa shape index (κ1) is 7.52. The van der Waals surface area contributed by atoms with Crippen LogP contribution in [0, 0.1) is 0 Å². The van der Waals surface area contributed by atoms with Crippen molar-refractivity contribution in [2.75, 3.05) is 0 Å². The minimum Gasteiger partial charge on any atom is -0.389 e. The minimum atomic E-state index is 0.0192. The second-order valence-corrected chi connectivity index (χ2v) is 3.31. The number of aromatic nitrogens is 2. The topological polar surface area (TPSA) is 48.9 Å². The zero-order chi connectivity index (χ0) is 8.39. The Morgan fingerprint density at radius 1 is 1.58 bits per heavy atom. The lowest BCUT2D eigenvalue weighted by molar-refractivity contribution is 0.281. The van der Waals surface area contributed by atoms with Gasteiger partial charge < -0.3 is 10.1 Å². The van der Waals surface area contributed by atoms with Gasteiger partial charge in [-0.15, -0.1) is 11.3 Å². The van der Waals surface area contributed by atoms with Crippen molar-refractivity contribution in [2.45, 2.75) is 6.61 Å². The van der Waals surface area contributed by atoms with Crippen LogP contribution in [0.5, 0.6) is 0 Å². The van der Waals surface area contributed by atoms with E-state index in [4.69, 9.17) is 5.11 Å².